The van der Waals surface area contributed by atoms with Gasteiger partial charge in [-0.15, -0.1) is 0 Å². The summed E-state index contributed by atoms with van der Waals surface area (Å²) in [5.41, 5.74) is 2.22. The number of hydrogen-bond acceptors (Lipinski definition) is 3. The minimum Gasteiger partial charge on any atom is -0.457 e. The van der Waals surface area contributed by atoms with E-state index in [-0.39, 0.29) is 0 Å². The lowest BCUT2D eigenvalue weighted by Crippen LogP contribution is -1.97. The highest BCUT2D eigenvalue weighted by atomic mass is 16.5. The number of para-hydroxylation sites is 1. The van der Waals surface area contributed by atoms with Crippen LogP contribution in [0.2, 0.25) is 0 Å². The Morgan fingerprint density at radius 2 is 1.89 bits per heavy atom. The zero-order valence-corrected chi connectivity index (χ0v) is 10.9. The maximum atomic E-state index is 9.72. The predicted octanol–water partition coefficient (Wildman–Crippen LogP) is 3.71. The van der Waals surface area contributed by atoms with Gasteiger partial charge in [-0.1, -0.05) is 24.3 Å². The molecule has 0 aromatic heterocycles. The maximum absolute atomic E-state index is 9.72. The van der Waals surface area contributed by atoms with Crippen molar-refractivity contribution in [1.82, 2.24) is 0 Å². The second-order valence-electron chi connectivity index (χ2n) is 4.41. The lowest BCUT2D eigenvalue weighted by atomic mass is 10.1. The molecule has 0 aliphatic rings. The second-order valence-corrected chi connectivity index (χ2v) is 4.41. The highest BCUT2D eigenvalue weighted by Gasteiger charge is 2.10. The predicted molar refractivity (Wildman–Crippen MR) is 73.0 cm³/mol. The minimum absolute atomic E-state index is 0.551. The van der Waals surface area contributed by atoms with Crippen molar-refractivity contribution in [1.29, 1.82) is 5.26 Å². The van der Waals surface area contributed by atoms with Crippen molar-refractivity contribution < 1.29 is 9.84 Å². The van der Waals surface area contributed by atoms with Crippen LogP contribution in [0.15, 0.2) is 42.5 Å². The highest BCUT2D eigenvalue weighted by Crippen LogP contribution is 2.31. The third-order valence-corrected chi connectivity index (χ3v) is 2.91. The average Bonchev–Trinajstić information content (AvgIpc) is 2.41. The third kappa shape index (κ3) is 2.93. The average molecular weight is 253 g/mol. The Hall–Kier alpha value is -2.31. The molecule has 0 saturated carbocycles. The van der Waals surface area contributed by atoms with Crippen LogP contribution in [-0.2, 0) is 0 Å². The van der Waals surface area contributed by atoms with Crippen LogP contribution in [0.3, 0.4) is 0 Å². The topological polar surface area (TPSA) is 53.2 Å². The van der Waals surface area contributed by atoms with Gasteiger partial charge in [0, 0.05) is 5.56 Å². The van der Waals surface area contributed by atoms with Gasteiger partial charge in [0.1, 0.15) is 11.5 Å². The van der Waals surface area contributed by atoms with Gasteiger partial charge in [-0.3, -0.25) is 0 Å². The summed E-state index contributed by atoms with van der Waals surface area (Å²) in [7, 11) is 0. The molecule has 0 aliphatic heterocycles. The first-order valence-electron chi connectivity index (χ1n) is 6.07. The minimum atomic E-state index is -0.601. The van der Waals surface area contributed by atoms with E-state index in [4.69, 9.17) is 10.00 Å². The number of benzene rings is 2. The van der Waals surface area contributed by atoms with Crippen LogP contribution in [0.25, 0.3) is 0 Å². The Balaban J connectivity index is 2.39. The van der Waals surface area contributed by atoms with Crippen molar-refractivity contribution in [3.63, 3.8) is 0 Å². The summed E-state index contributed by atoms with van der Waals surface area (Å²) in [5.74, 6) is 1.24. The molecule has 2 rings (SSSR count). The Bertz CT molecular complexity index is 627. The summed E-state index contributed by atoms with van der Waals surface area (Å²) >= 11 is 0. The molecule has 0 spiro atoms. The van der Waals surface area contributed by atoms with Gasteiger partial charge in [-0.05, 0) is 37.6 Å². The normalized spacial score (nSPS) is 11.7. The molecule has 0 fully saturated rings. The summed E-state index contributed by atoms with van der Waals surface area (Å²) in [6.45, 7) is 3.61. The Kier molecular flexibility index (Phi) is 3.84. The molecular formula is C16H15NO2. The van der Waals surface area contributed by atoms with Crippen molar-refractivity contribution in [2.45, 2.75) is 20.0 Å². The van der Waals surface area contributed by atoms with Gasteiger partial charge < -0.3 is 9.84 Å². The molecule has 1 atom stereocenters. The van der Waals surface area contributed by atoms with E-state index in [0.29, 0.717) is 17.1 Å². The van der Waals surface area contributed by atoms with E-state index < -0.39 is 6.10 Å². The molecule has 2 aromatic rings. The summed E-state index contributed by atoms with van der Waals surface area (Å²) in [6, 6.07) is 14.7. The van der Waals surface area contributed by atoms with Crippen molar-refractivity contribution in [3.05, 3.63) is 59.2 Å². The summed E-state index contributed by atoms with van der Waals surface area (Å²) in [4.78, 5) is 0. The van der Waals surface area contributed by atoms with E-state index in [0.717, 1.165) is 11.1 Å². The lowest BCUT2D eigenvalue weighted by molar-refractivity contribution is 0.195. The second kappa shape index (κ2) is 5.55. The van der Waals surface area contributed by atoms with E-state index in [1.165, 1.54) is 0 Å². The molecule has 0 aliphatic carbocycles. The first-order chi connectivity index (χ1) is 9.11. The lowest BCUT2D eigenvalue weighted by Gasteiger charge is -2.14. The number of aliphatic hydroxyl groups excluding tert-OH is 1. The summed E-state index contributed by atoms with van der Waals surface area (Å²) in [5, 5.41) is 18.6. The van der Waals surface area contributed by atoms with Gasteiger partial charge in [0.2, 0.25) is 0 Å². The number of aliphatic hydroxyl groups is 1. The molecule has 0 radical (unpaired) electrons. The summed E-state index contributed by atoms with van der Waals surface area (Å²) in [6.07, 6.45) is -0.601. The molecule has 0 unspecified atom stereocenters. The van der Waals surface area contributed by atoms with Crippen LogP contribution >= 0.6 is 0 Å². The van der Waals surface area contributed by atoms with E-state index in [2.05, 4.69) is 6.07 Å². The summed E-state index contributed by atoms with van der Waals surface area (Å²) < 4.78 is 5.83. The standard InChI is InChI=1S/C16H15NO2/c1-11-7-8-13(10-17)9-16(11)19-15-6-4-3-5-14(15)12(2)18/h3-9,12,18H,1-2H3/t12-/m0/s1. The molecule has 2 aromatic carbocycles. The van der Waals surface area contributed by atoms with Crippen LogP contribution in [0.1, 0.15) is 29.7 Å². The fourth-order valence-corrected chi connectivity index (χ4v) is 1.82. The number of hydrogen-bond donors (Lipinski definition) is 1. The fourth-order valence-electron chi connectivity index (χ4n) is 1.82. The van der Waals surface area contributed by atoms with Crippen LogP contribution in [-0.4, -0.2) is 5.11 Å². The third-order valence-electron chi connectivity index (χ3n) is 2.91. The van der Waals surface area contributed by atoms with Crippen LogP contribution in [0, 0.1) is 18.3 Å². The number of nitrogens with zero attached hydrogens (tertiary/aromatic N) is 1. The number of aryl methyl sites for hydroxylation is 1. The molecule has 19 heavy (non-hydrogen) atoms. The first kappa shape index (κ1) is 13.1. The molecule has 0 saturated heterocycles. The van der Waals surface area contributed by atoms with E-state index in [9.17, 15) is 5.11 Å². The molecule has 0 amide bonds. The fraction of sp³-hybridized carbons (Fsp3) is 0.188. The highest BCUT2D eigenvalue weighted by molar-refractivity contribution is 5.45. The van der Waals surface area contributed by atoms with Crippen LogP contribution < -0.4 is 4.74 Å². The van der Waals surface area contributed by atoms with Gasteiger partial charge in [0.05, 0.1) is 17.7 Å². The smallest absolute Gasteiger partial charge is 0.133 e. The van der Waals surface area contributed by atoms with Crippen molar-refractivity contribution in [3.8, 4) is 17.6 Å². The van der Waals surface area contributed by atoms with Crippen LogP contribution in [0.5, 0.6) is 11.5 Å². The number of nitriles is 1. The van der Waals surface area contributed by atoms with Crippen molar-refractivity contribution >= 4 is 0 Å². The van der Waals surface area contributed by atoms with Crippen molar-refractivity contribution in [2.75, 3.05) is 0 Å². The Morgan fingerprint density at radius 3 is 2.58 bits per heavy atom. The van der Waals surface area contributed by atoms with E-state index in [1.54, 1.807) is 25.1 Å². The van der Waals surface area contributed by atoms with Gasteiger partial charge in [0.25, 0.3) is 0 Å². The molecule has 96 valence electrons. The molecule has 0 heterocycles. The SMILES string of the molecule is Cc1ccc(C#N)cc1Oc1ccccc1[C@H](C)O. The molecule has 1 N–H and O–H groups in total. The molecule has 3 nitrogen and oxygen atoms in total. The van der Waals surface area contributed by atoms with E-state index >= 15 is 0 Å². The van der Waals surface area contributed by atoms with Gasteiger partial charge >= 0.3 is 0 Å². The van der Waals surface area contributed by atoms with Crippen LogP contribution in [0.4, 0.5) is 0 Å². The molecular weight excluding hydrogens is 238 g/mol. The van der Waals surface area contributed by atoms with Gasteiger partial charge in [0.15, 0.2) is 0 Å². The number of rotatable bonds is 3. The Labute approximate surface area is 112 Å². The Morgan fingerprint density at radius 1 is 1.16 bits per heavy atom. The maximum Gasteiger partial charge on any atom is 0.133 e. The molecule has 0 bridgehead atoms. The van der Waals surface area contributed by atoms with E-state index in [1.807, 2.05) is 31.2 Å². The first-order valence-corrected chi connectivity index (χ1v) is 6.07. The zero-order chi connectivity index (χ0) is 13.8. The monoisotopic (exact) mass is 253 g/mol. The quantitative estimate of drug-likeness (QED) is 0.907. The largest absolute Gasteiger partial charge is 0.457 e. The molecule has 3 heteroatoms. The van der Waals surface area contributed by atoms with Crippen molar-refractivity contribution in [2.24, 2.45) is 0 Å². The zero-order valence-electron chi connectivity index (χ0n) is 10.9. The number of ether oxygens (including phenoxy) is 1. The van der Waals surface area contributed by atoms with Gasteiger partial charge in [-0.25, -0.2) is 0 Å². The van der Waals surface area contributed by atoms with Gasteiger partial charge in [-0.2, -0.15) is 5.26 Å².